The van der Waals surface area contributed by atoms with Gasteiger partial charge in [0.05, 0.1) is 12.3 Å². The number of ether oxygens (including phenoxy) is 1. The number of rotatable bonds is 10. The number of nitrogens with one attached hydrogen (secondary N) is 1. The van der Waals surface area contributed by atoms with Gasteiger partial charge < -0.3 is 10.1 Å². The number of nitrogens with zero attached hydrogens (tertiary/aromatic N) is 1. The van der Waals surface area contributed by atoms with Crippen LogP contribution in [0.15, 0.2) is 54.6 Å². The van der Waals surface area contributed by atoms with Gasteiger partial charge in [0.2, 0.25) is 15.9 Å². The van der Waals surface area contributed by atoms with Gasteiger partial charge in [-0.1, -0.05) is 55.8 Å². The molecule has 1 fully saturated rings. The van der Waals surface area contributed by atoms with Gasteiger partial charge in [-0.2, -0.15) is 0 Å². The third-order valence-electron chi connectivity index (χ3n) is 5.54. The zero-order chi connectivity index (χ0) is 22.1. The van der Waals surface area contributed by atoms with Crippen molar-refractivity contribution in [1.82, 2.24) is 9.62 Å². The SMILES string of the molecule is CCCc1ccc(OCCNC(=O)C2CCN(S(=O)(=O)Cc3ccccc3)CC2)cc1. The summed E-state index contributed by atoms with van der Waals surface area (Å²) in [5.74, 6) is 0.617. The van der Waals surface area contributed by atoms with Crippen molar-refractivity contribution in [2.75, 3.05) is 26.2 Å². The van der Waals surface area contributed by atoms with Gasteiger partial charge >= 0.3 is 0 Å². The van der Waals surface area contributed by atoms with Crippen molar-refractivity contribution in [1.29, 1.82) is 0 Å². The minimum Gasteiger partial charge on any atom is -0.492 e. The summed E-state index contributed by atoms with van der Waals surface area (Å²) in [6.45, 7) is 3.76. The molecule has 1 saturated heterocycles. The van der Waals surface area contributed by atoms with Crippen molar-refractivity contribution in [2.45, 2.75) is 38.4 Å². The van der Waals surface area contributed by atoms with Gasteiger partial charge in [0.15, 0.2) is 0 Å². The molecule has 0 aromatic heterocycles. The van der Waals surface area contributed by atoms with E-state index in [4.69, 9.17) is 4.74 Å². The smallest absolute Gasteiger partial charge is 0.223 e. The molecule has 2 aromatic carbocycles. The first-order valence-corrected chi connectivity index (χ1v) is 12.6. The Kier molecular flexibility index (Phi) is 8.49. The van der Waals surface area contributed by atoms with Crippen LogP contribution in [0.4, 0.5) is 0 Å². The molecule has 0 atom stereocenters. The standard InChI is InChI=1S/C24H32N2O4S/c1-2-6-20-9-11-23(12-10-20)30-18-15-25-24(27)22-13-16-26(17-14-22)31(28,29)19-21-7-4-3-5-8-21/h3-5,7-12,22H,2,6,13-19H2,1H3,(H,25,27). The van der Waals surface area contributed by atoms with Gasteiger partial charge in [-0.3, -0.25) is 4.79 Å². The van der Waals surface area contributed by atoms with E-state index in [1.165, 1.54) is 9.87 Å². The maximum absolute atomic E-state index is 12.6. The number of amides is 1. The highest BCUT2D eigenvalue weighted by Gasteiger charge is 2.31. The number of sulfonamides is 1. The second kappa shape index (κ2) is 11.3. The Bertz CT molecular complexity index is 922. The predicted molar refractivity (Wildman–Crippen MR) is 122 cm³/mol. The summed E-state index contributed by atoms with van der Waals surface area (Å²) in [6, 6.07) is 17.2. The second-order valence-electron chi connectivity index (χ2n) is 7.95. The first-order valence-electron chi connectivity index (χ1n) is 11.0. The Hall–Kier alpha value is -2.38. The quantitative estimate of drug-likeness (QED) is 0.570. The van der Waals surface area contributed by atoms with Crippen LogP contribution in [-0.4, -0.2) is 44.9 Å². The number of carbonyl (C=O) groups excluding carboxylic acids is 1. The summed E-state index contributed by atoms with van der Waals surface area (Å²) < 4.78 is 32.5. The molecule has 31 heavy (non-hydrogen) atoms. The lowest BCUT2D eigenvalue weighted by atomic mass is 9.97. The van der Waals surface area contributed by atoms with E-state index in [1.54, 1.807) is 0 Å². The van der Waals surface area contributed by atoms with Gasteiger partial charge in [-0.25, -0.2) is 12.7 Å². The molecule has 0 bridgehead atoms. The van der Waals surface area contributed by atoms with Crippen LogP contribution in [-0.2, 0) is 27.0 Å². The highest BCUT2D eigenvalue weighted by Crippen LogP contribution is 2.22. The minimum absolute atomic E-state index is 0.00145. The Morgan fingerprint density at radius 3 is 2.35 bits per heavy atom. The normalized spacial score (nSPS) is 15.5. The van der Waals surface area contributed by atoms with E-state index in [0.29, 0.717) is 39.1 Å². The Balaban J connectivity index is 1.37. The van der Waals surface area contributed by atoms with Crippen LogP contribution >= 0.6 is 0 Å². The molecule has 1 heterocycles. The van der Waals surface area contributed by atoms with Crippen LogP contribution in [0, 0.1) is 5.92 Å². The summed E-state index contributed by atoms with van der Waals surface area (Å²) in [6.07, 6.45) is 3.26. The fourth-order valence-corrected chi connectivity index (χ4v) is 5.36. The summed E-state index contributed by atoms with van der Waals surface area (Å²) in [5.41, 5.74) is 2.07. The van der Waals surface area contributed by atoms with Crippen molar-refractivity contribution in [3.63, 3.8) is 0 Å². The van der Waals surface area contributed by atoms with Gasteiger partial charge in [-0.05, 0) is 42.5 Å². The minimum atomic E-state index is -3.36. The molecular formula is C24H32N2O4S. The van der Waals surface area contributed by atoms with Crippen LogP contribution in [0.3, 0.4) is 0 Å². The summed E-state index contributed by atoms with van der Waals surface area (Å²) >= 11 is 0. The van der Waals surface area contributed by atoms with Crippen LogP contribution < -0.4 is 10.1 Å². The molecule has 7 heteroatoms. The molecule has 3 rings (SSSR count). The number of hydrogen-bond acceptors (Lipinski definition) is 4. The fraction of sp³-hybridized carbons (Fsp3) is 0.458. The second-order valence-corrected chi connectivity index (χ2v) is 9.92. The van der Waals surface area contributed by atoms with Crippen molar-refractivity contribution < 1.29 is 17.9 Å². The Labute approximate surface area is 185 Å². The summed E-state index contributed by atoms with van der Waals surface area (Å²) in [5, 5.41) is 2.92. The summed E-state index contributed by atoms with van der Waals surface area (Å²) in [7, 11) is -3.36. The van der Waals surface area contributed by atoms with Gasteiger partial charge in [0.25, 0.3) is 0 Å². The first-order chi connectivity index (χ1) is 15.0. The molecule has 1 aliphatic rings. The van der Waals surface area contributed by atoms with Crippen LogP contribution in [0.5, 0.6) is 5.75 Å². The molecule has 0 spiro atoms. The largest absolute Gasteiger partial charge is 0.492 e. The molecule has 1 N–H and O–H groups in total. The number of benzene rings is 2. The van der Waals surface area contributed by atoms with Gasteiger partial charge in [-0.15, -0.1) is 0 Å². The van der Waals surface area contributed by atoms with Crippen LogP contribution in [0.2, 0.25) is 0 Å². The average Bonchev–Trinajstić information content (AvgIpc) is 2.78. The Morgan fingerprint density at radius 1 is 1.03 bits per heavy atom. The molecule has 0 unspecified atom stereocenters. The predicted octanol–water partition coefficient (Wildman–Crippen LogP) is 3.38. The zero-order valence-electron chi connectivity index (χ0n) is 18.1. The highest BCUT2D eigenvalue weighted by atomic mass is 32.2. The third-order valence-corrected chi connectivity index (χ3v) is 7.39. The van der Waals surface area contributed by atoms with Crippen molar-refractivity contribution in [2.24, 2.45) is 5.92 Å². The van der Waals surface area contributed by atoms with E-state index in [-0.39, 0.29) is 17.6 Å². The lowest BCUT2D eigenvalue weighted by Crippen LogP contribution is -2.43. The molecule has 6 nitrogen and oxygen atoms in total. The Morgan fingerprint density at radius 2 is 1.71 bits per heavy atom. The van der Waals surface area contributed by atoms with Crippen LogP contribution in [0.25, 0.3) is 0 Å². The van der Waals surface area contributed by atoms with E-state index in [2.05, 4.69) is 24.4 Å². The topological polar surface area (TPSA) is 75.7 Å². The van der Waals surface area contributed by atoms with Crippen molar-refractivity contribution in [3.8, 4) is 5.75 Å². The monoisotopic (exact) mass is 444 g/mol. The number of carbonyl (C=O) groups is 1. The van der Waals surface area contributed by atoms with Gasteiger partial charge in [0.1, 0.15) is 12.4 Å². The lowest BCUT2D eigenvalue weighted by molar-refractivity contribution is -0.126. The molecule has 1 aliphatic heterocycles. The maximum Gasteiger partial charge on any atom is 0.223 e. The molecule has 2 aromatic rings. The molecule has 0 aliphatic carbocycles. The zero-order valence-corrected chi connectivity index (χ0v) is 18.9. The van der Waals surface area contributed by atoms with E-state index in [1.807, 2.05) is 42.5 Å². The van der Waals surface area contributed by atoms with Gasteiger partial charge in [0, 0.05) is 19.0 Å². The van der Waals surface area contributed by atoms with E-state index >= 15 is 0 Å². The molecule has 1 amide bonds. The third kappa shape index (κ3) is 7.08. The highest BCUT2D eigenvalue weighted by molar-refractivity contribution is 7.88. The first kappa shape index (κ1) is 23.3. The summed E-state index contributed by atoms with van der Waals surface area (Å²) in [4.78, 5) is 12.4. The van der Waals surface area contributed by atoms with E-state index < -0.39 is 10.0 Å². The fourth-order valence-electron chi connectivity index (χ4n) is 3.80. The molecule has 168 valence electrons. The lowest BCUT2D eigenvalue weighted by Gasteiger charge is -2.30. The molecule has 0 saturated carbocycles. The average molecular weight is 445 g/mol. The van der Waals surface area contributed by atoms with E-state index in [0.717, 1.165) is 24.2 Å². The molecular weight excluding hydrogens is 412 g/mol. The molecule has 0 radical (unpaired) electrons. The maximum atomic E-state index is 12.6. The number of piperidine rings is 1. The van der Waals surface area contributed by atoms with Crippen molar-refractivity contribution >= 4 is 15.9 Å². The number of aryl methyl sites for hydroxylation is 1. The van der Waals surface area contributed by atoms with Crippen LogP contribution in [0.1, 0.15) is 37.3 Å². The van der Waals surface area contributed by atoms with Crippen molar-refractivity contribution in [3.05, 3.63) is 65.7 Å². The van der Waals surface area contributed by atoms with E-state index in [9.17, 15) is 13.2 Å². The number of hydrogen-bond donors (Lipinski definition) is 1.